The van der Waals surface area contributed by atoms with Crippen LogP contribution in [0.5, 0.6) is 0 Å². The van der Waals surface area contributed by atoms with Crippen LogP contribution in [-0.4, -0.2) is 17.9 Å². The van der Waals surface area contributed by atoms with Crippen LogP contribution in [0.3, 0.4) is 0 Å². The molecule has 5 heteroatoms. The summed E-state index contributed by atoms with van der Waals surface area (Å²) in [7, 11) is 1.81. The van der Waals surface area contributed by atoms with Gasteiger partial charge >= 0.3 is 0 Å². The van der Waals surface area contributed by atoms with Crippen molar-refractivity contribution in [1.29, 1.82) is 0 Å². The topological polar surface area (TPSA) is 46.3 Å². The van der Waals surface area contributed by atoms with E-state index in [1.165, 1.54) is 0 Å². The van der Waals surface area contributed by atoms with E-state index in [-0.39, 0.29) is 5.91 Å². The van der Waals surface area contributed by atoms with Crippen molar-refractivity contribution in [2.24, 2.45) is 0 Å². The summed E-state index contributed by atoms with van der Waals surface area (Å²) >= 11 is 6.84. The molecule has 3 nitrogen and oxygen atoms in total. The van der Waals surface area contributed by atoms with Crippen molar-refractivity contribution in [3.63, 3.8) is 0 Å². The van der Waals surface area contributed by atoms with Gasteiger partial charge in [0, 0.05) is 22.5 Å². The van der Waals surface area contributed by atoms with Gasteiger partial charge in [-0.3, -0.25) is 4.79 Å². The van der Waals surface area contributed by atoms with Crippen LogP contribution in [0.15, 0.2) is 15.0 Å². The number of nitrogens with two attached hydrogens (primary N) is 1. The van der Waals surface area contributed by atoms with E-state index in [1.807, 2.05) is 13.1 Å². The summed E-state index contributed by atoms with van der Waals surface area (Å²) < 4.78 is 1.71. The van der Waals surface area contributed by atoms with Crippen molar-refractivity contribution < 1.29 is 4.79 Å². The molecule has 1 heterocycles. The summed E-state index contributed by atoms with van der Waals surface area (Å²) in [6.07, 6.45) is 0.421. The average molecular weight is 334 g/mol. The van der Waals surface area contributed by atoms with Crippen molar-refractivity contribution in [3.8, 4) is 0 Å². The molecule has 15 heavy (non-hydrogen) atoms. The zero-order valence-electron chi connectivity index (χ0n) is 8.18. The number of carbonyl (C=O) groups is 1. The summed E-state index contributed by atoms with van der Waals surface area (Å²) in [6.45, 7) is 0.644. The Balaban J connectivity index is 2.58. The van der Waals surface area contributed by atoms with Gasteiger partial charge in [-0.2, -0.15) is 0 Å². The lowest BCUT2D eigenvalue weighted by Gasteiger charge is -2.26. The second kappa shape index (κ2) is 3.79. The molecule has 1 aromatic carbocycles. The lowest BCUT2D eigenvalue weighted by Crippen LogP contribution is -2.33. The first-order valence-corrected chi connectivity index (χ1v) is 6.08. The smallest absolute Gasteiger partial charge is 0.227 e. The van der Waals surface area contributed by atoms with Crippen molar-refractivity contribution >= 4 is 43.5 Å². The lowest BCUT2D eigenvalue weighted by atomic mass is 9.99. The maximum Gasteiger partial charge on any atom is 0.227 e. The zero-order chi connectivity index (χ0) is 11.2. The van der Waals surface area contributed by atoms with Gasteiger partial charge in [0.2, 0.25) is 5.91 Å². The van der Waals surface area contributed by atoms with Gasteiger partial charge in [0.25, 0.3) is 0 Å². The number of benzene rings is 1. The maximum atomic E-state index is 11.6. The number of hydrogen-bond donors (Lipinski definition) is 1. The van der Waals surface area contributed by atoms with E-state index in [0.717, 1.165) is 20.1 Å². The Bertz CT molecular complexity index is 446. The molecule has 0 unspecified atom stereocenters. The van der Waals surface area contributed by atoms with Crippen LogP contribution >= 0.6 is 31.9 Å². The summed E-state index contributed by atoms with van der Waals surface area (Å²) in [5, 5.41) is 0. The van der Waals surface area contributed by atoms with Gasteiger partial charge in [0.05, 0.1) is 12.1 Å². The summed E-state index contributed by atoms with van der Waals surface area (Å²) in [5.41, 5.74) is 8.68. The number of nitrogens with zero attached hydrogens (tertiary/aromatic N) is 1. The first-order valence-electron chi connectivity index (χ1n) is 4.50. The number of carbonyl (C=O) groups excluding carboxylic acids is 1. The Morgan fingerprint density at radius 1 is 1.47 bits per heavy atom. The highest BCUT2D eigenvalue weighted by molar-refractivity contribution is 9.11. The minimum absolute atomic E-state index is 0.130. The van der Waals surface area contributed by atoms with Crippen LogP contribution in [0, 0.1) is 0 Å². The molecule has 0 aromatic heterocycles. The summed E-state index contributed by atoms with van der Waals surface area (Å²) in [4.78, 5) is 13.3. The molecule has 0 radical (unpaired) electrons. The number of anilines is 1. The van der Waals surface area contributed by atoms with Gasteiger partial charge < -0.3 is 10.6 Å². The Morgan fingerprint density at radius 3 is 2.80 bits per heavy atom. The fraction of sp³-hybridized carbons (Fsp3) is 0.300. The van der Waals surface area contributed by atoms with Gasteiger partial charge in [-0.1, -0.05) is 0 Å². The highest BCUT2D eigenvalue weighted by Crippen LogP contribution is 2.36. The minimum atomic E-state index is 0.130. The minimum Gasteiger partial charge on any atom is -0.397 e. The lowest BCUT2D eigenvalue weighted by molar-refractivity contribution is -0.130. The normalized spacial score (nSPS) is 15.4. The molecule has 0 fully saturated rings. The van der Waals surface area contributed by atoms with Gasteiger partial charge in [0.15, 0.2) is 0 Å². The van der Waals surface area contributed by atoms with Crippen molar-refractivity contribution in [2.45, 2.75) is 13.0 Å². The largest absolute Gasteiger partial charge is 0.397 e. The summed E-state index contributed by atoms with van der Waals surface area (Å²) in [6, 6.07) is 1.98. The number of nitrogen functional groups attached to an aromatic ring is 1. The van der Waals surface area contributed by atoms with Crippen LogP contribution in [0.4, 0.5) is 5.69 Å². The van der Waals surface area contributed by atoms with Crippen molar-refractivity contribution in [1.82, 2.24) is 4.90 Å². The standard InChI is InChI=1S/C10H10Br2N2O/c1-14-4-5-2-7(11)10(13)9(12)6(5)3-8(14)15/h2H,3-4,13H2,1H3. The predicted octanol–water partition coefficient (Wildman–Crippen LogP) is 2.31. The monoisotopic (exact) mass is 332 g/mol. The Hall–Kier alpha value is -0.550. The van der Waals surface area contributed by atoms with Gasteiger partial charge in [-0.25, -0.2) is 0 Å². The van der Waals surface area contributed by atoms with E-state index < -0.39 is 0 Å². The van der Waals surface area contributed by atoms with E-state index in [1.54, 1.807) is 4.90 Å². The number of rotatable bonds is 0. The molecule has 1 amide bonds. The molecular weight excluding hydrogens is 324 g/mol. The zero-order valence-corrected chi connectivity index (χ0v) is 11.4. The first-order chi connectivity index (χ1) is 7.00. The molecule has 0 saturated heterocycles. The predicted molar refractivity (Wildman–Crippen MR) is 66.4 cm³/mol. The average Bonchev–Trinajstić information content (AvgIpc) is 2.19. The quantitative estimate of drug-likeness (QED) is 0.740. The highest BCUT2D eigenvalue weighted by atomic mass is 79.9. The SMILES string of the molecule is CN1Cc2cc(Br)c(N)c(Br)c2CC1=O. The van der Waals surface area contributed by atoms with Crippen LogP contribution in [0.1, 0.15) is 11.1 Å². The Kier molecular flexibility index (Phi) is 2.77. The molecule has 1 aliphatic rings. The Labute approximate surface area is 105 Å². The van der Waals surface area contributed by atoms with E-state index in [0.29, 0.717) is 18.7 Å². The number of amides is 1. The fourth-order valence-electron chi connectivity index (χ4n) is 1.69. The van der Waals surface area contributed by atoms with Gasteiger partial charge in [0.1, 0.15) is 0 Å². The molecule has 80 valence electrons. The number of fused-ring (bicyclic) bond motifs is 1. The van der Waals surface area contributed by atoms with Crippen LogP contribution < -0.4 is 5.73 Å². The number of hydrogen-bond acceptors (Lipinski definition) is 2. The van der Waals surface area contributed by atoms with Crippen molar-refractivity contribution in [2.75, 3.05) is 12.8 Å². The number of likely N-dealkylation sites (N-methyl/N-ethyl adjacent to an activating group) is 1. The van der Waals surface area contributed by atoms with Crippen molar-refractivity contribution in [3.05, 3.63) is 26.1 Å². The molecule has 0 bridgehead atoms. The third kappa shape index (κ3) is 1.78. The fourth-order valence-corrected chi connectivity index (χ4v) is 3.04. The molecule has 0 saturated carbocycles. The molecule has 0 aliphatic carbocycles. The molecule has 2 rings (SSSR count). The first kappa shape index (κ1) is 11.0. The van der Waals surface area contributed by atoms with Gasteiger partial charge in [-0.05, 0) is 49.1 Å². The van der Waals surface area contributed by atoms with E-state index >= 15 is 0 Å². The molecule has 2 N–H and O–H groups in total. The van der Waals surface area contributed by atoms with E-state index in [2.05, 4.69) is 31.9 Å². The van der Waals surface area contributed by atoms with Crippen LogP contribution in [0.2, 0.25) is 0 Å². The summed E-state index contributed by atoms with van der Waals surface area (Å²) in [5.74, 6) is 0.130. The molecule has 0 atom stereocenters. The third-order valence-electron chi connectivity index (χ3n) is 2.61. The van der Waals surface area contributed by atoms with Crippen LogP contribution in [-0.2, 0) is 17.8 Å². The third-order valence-corrected chi connectivity index (χ3v) is 4.17. The second-order valence-electron chi connectivity index (χ2n) is 3.65. The second-order valence-corrected chi connectivity index (χ2v) is 5.30. The Morgan fingerprint density at radius 2 is 2.13 bits per heavy atom. The van der Waals surface area contributed by atoms with Gasteiger partial charge in [-0.15, -0.1) is 0 Å². The van der Waals surface area contributed by atoms with E-state index in [4.69, 9.17) is 5.73 Å². The number of halogens is 2. The van der Waals surface area contributed by atoms with E-state index in [9.17, 15) is 4.79 Å². The highest BCUT2D eigenvalue weighted by Gasteiger charge is 2.23. The molecule has 1 aliphatic heterocycles. The van der Waals surface area contributed by atoms with Crippen LogP contribution in [0.25, 0.3) is 0 Å². The molecular formula is C10H10Br2N2O. The molecule has 1 aromatic rings. The maximum absolute atomic E-state index is 11.6. The molecule has 0 spiro atoms.